The minimum absolute atomic E-state index is 0.0655. The van der Waals surface area contributed by atoms with Gasteiger partial charge in [0, 0.05) is 11.8 Å². The maximum atomic E-state index is 12.2. The van der Waals surface area contributed by atoms with Crippen LogP contribution in [0, 0.1) is 5.41 Å². The van der Waals surface area contributed by atoms with Crippen LogP contribution in [0.3, 0.4) is 0 Å². The van der Waals surface area contributed by atoms with Gasteiger partial charge in [-0.15, -0.1) is 0 Å². The molecule has 0 radical (unpaired) electrons. The first-order valence-electron chi connectivity index (χ1n) is 9.51. The maximum Gasteiger partial charge on any atom is 0.251 e. The number of carbonyl (C=O) groups excluding carboxylic acids is 1. The van der Waals surface area contributed by atoms with E-state index in [9.17, 15) is 4.79 Å². The number of pyridine rings is 1. The normalized spacial score (nSPS) is 19.4. The number of carbonyl (C=O) groups is 1. The number of nitrogens with zero attached hydrogens (tertiary/aromatic N) is 2. The van der Waals surface area contributed by atoms with Crippen molar-refractivity contribution in [3.05, 3.63) is 64.3 Å². The van der Waals surface area contributed by atoms with Crippen LogP contribution in [0.2, 0.25) is 5.02 Å². The number of amides is 1. The molecule has 1 amide bonds. The number of hydrogen-bond donors (Lipinski definition) is 1. The van der Waals surface area contributed by atoms with E-state index in [1.807, 2.05) is 19.1 Å². The minimum atomic E-state index is -0.687. The predicted octanol–water partition coefficient (Wildman–Crippen LogP) is 4.98. The molecule has 1 aromatic carbocycles. The Labute approximate surface area is 176 Å². The van der Waals surface area contributed by atoms with Gasteiger partial charge in [-0.05, 0) is 42.0 Å². The zero-order valence-corrected chi connectivity index (χ0v) is 18.2. The number of benzene rings is 1. The molecule has 0 saturated heterocycles. The molecule has 1 atom stereocenters. The molecule has 152 valence electrons. The number of ether oxygens (including phenoxy) is 1. The summed E-state index contributed by atoms with van der Waals surface area (Å²) in [6.45, 7) is 8.42. The first kappa shape index (κ1) is 21.1. The third kappa shape index (κ3) is 4.51. The van der Waals surface area contributed by atoms with E-state index in [0.717, 1.165) is 16.8 Å². The molecule has 0 aliphatic carbocycles. The minimum Gasteiger partial charge on any atom is -0.480 e. The van der Waals surface area contributed by atoms with Gasteiger partial charge in [-0.3, -0.25) is 4.79 Å². The van der Waals surface area contributed by atoms with Gasteiger partial charge >= 0.3 is 0 Å². The standard InChI is InChI=1S/C23H26ClN3O2/c1-22(2,3)16-8-6-15(7-9-16)17(12-13-23(4)14-25-27-21(23)28)19-11-10-18(24)20(26-19)29-5/h6-12,14H,13H2,1-5H3,(H,27,28). The second-order valence-corrected chi connectivity index (χ2v) is 8.86. The Morgan fingerprint density at radius 2 is 1.90 bits per heavy atom. The summed E-state index contributed by atoms with van der Waals surface area (Å²) in [4.78, 5) is 16.7. The molecule has 1 unspecified atom stereocenters. The second-order valence-electron chi connectivity index (χ2n) is 8.45. The van der Waals surface area contributed by atoms with Crippen molar-refractivity contribution in [1.29, 1.82) is 0 Å². The van der Waals surface area contributed by atoms with Crippen molar-refractivity contribution in [2.75, 3.05) is 7.11 Å². The van der Waals surface area contributed by atoms with Gasteiger partial charge in [-0.25, -0.2) is 10.4 Å². The Kier molecular flexibility index (Phi) is 5.80. The molecule has 1 aromatic heterocycles. The topological polar surface area (TPSA) is 63.6 Å². The highest BCUT2D eigenvalue weighted by Crippen LogP contribution is 2.32. The molecule has 0 spiro atoms. The van der Waals surface area contributed by atoms with Crippen LogP contribution in [0.25, 0.3) is 5.57 Å². The van der Waals surface area contributed by atoms with Gasteiger partial charge in [0.25, 0.3) is 5.91 Å². The highest BCUT2D eigenvalue weighted by atomic mass is 35.5. The van der Waals surface area contributed by atoms with Crippen LogP contribution < -0.4 is 10.2 Å². The van der Waals surface area contributed by atoms with E-state index in [1.54, 1.807) is 19.4 Å². The van der Waals surface area contributed by atoms with E-state index in [4.69, 9.17) is 16.3 Å². The average molecular weight is 412 g/mol. The van der Waals surface area contributed by atoms with Gasteiger partial charge < -0.3 is 4.74 Å². The van der Waals surface area contributed by atoms with Crippen molar-refractivity contribution in [2.24, 2.45) is 10.5 Å². The fourth-order valence-corrected chi connectivity index (χ4v) is 3.30. The number of halogens is 1. The van der Waals surface area contributed by atoms with E-state index < -0.39 is 5.41 Å². The number of aromatic nitrogens is 1. The lowest BCUT2D eigenvalue weighted by atomic mass is 9.84. The molecular weight excluding hydrogens is 386 g/mol. The first-order chi connectivity index (χ1) is 13.6. The number of nitrogens with one attached hydrogen (secondary N) is 1. The third-order valence-electron chi connectivity index (χ3n) is 5.11. The van der Waals surface area contributed by atoms with Gasteiger partial charge in [-0.2, -0.15) is 5.10 Å². The molecule has 1 aliphatic heterocycles. The van der Waals surface area contributed by atoms with Gasteiger partial charge in [0.15, 0.2) is 0 Å². The molecule has 5 nitrogen and oxygen atoms in total. The lowest BCUT2D eigenvalue weighted by molar-refractivity contribution is -0.125. The predicted molar refractivity (Wildman–Crippen MR) is 117 cm³/mol. The van der Waals surface area contributed by atoms with E-state index in [1.165, 1.54) is 5.56 Å². The first-order valence-corrected chi connectivity index (χ1v) is 9.88. The molecule has 2 aromatic rings. The molecule has 29 heavy (non-hydrogen) atoms. The maximum absolute atomic E-state index is 12.2. The van der Waals surface area contributed by atoms with Gasteiger partial charge in [-0.1, -0.05) is 62.7 Å². The highest BCUT2D eigenvalue weighted by molar-refractivity contribution is 6.31. The molecule has 3 rings (SSSR count). The Hall–Kier alpha value is -2.66. The number of hydrazone groups is 1. The van der Waals surface area contributed by atoms with Crippen molar-refractivity contribution in [1.82, 2.24) is 10.4 Å². The van der Waals surface area contributed by atoms with Crippen LogP contribution in [0.5, 0.6) is 5.88 Å². The third-order valence-corrected chi connectivity index (χ3v) is 5.40. The van der Waals surface area contributed by atoms with E-state index in [0.29, 0.717) is 17.3 Å². The van der Waals surface area contributed by atoms with Gasteiger partial charge in [0.2, 0.25) is 5.88 Å². The fourth-order valence-electron chi connectivity index (χ4n) is 3.12. The molecule has 0 saturated carbocycles. The summed E-state index contributed by atoms with van der Waals surface area (Å²) >= 11 is 6.16. The zero-order valence-electron chi connectivity index (χ0n) is 17.4. The van der Waals surface area contributed by atoms with Crippen LogP contribution >= 0.6 is 11.6 Å². The summed E-state index contributed by atoms with van der Waals surface area (Å²) in [7, 11) is 1.54. The fraction of sp³-hybridized carbons (Fsp3) is 0.348. The van der Waals surface area contributed by atoms with Crippen molar-refractivity contribution in [3.8, 4) is 5.88 Å². The second kappa shape index (κ2) is 7.99. The molecule has 6 heteroatoms. The van der Waals surface area contributed by atoms with Crippen LogP contribution in [0.15, 0.2) is 47.6 Å². The monoisotopic (exact) mass is 411 g/mol. The molecular formula is C23H26ClN3O2. The summed E-state index contributed by atoms with van der Waals surface area (Å²) in [6, 6.07) is 12.1. The van der Waals surface area contributed by atoms with Crippen LogP contribution in [0.1, 0.15) is 50.9 Å². The number of methoxy groups -OCH3 is 1. The summed E-state index contributed by atoms with van der Waals surface area (Å²) in [5.41, 5.74) is 5.79. The largest absolute Gasteiger partial charge is 0.480 e. The van der Waals surface area contributed by atoms with Gasteiger partial charge in [0.05, 0.1) is 18.2 Å². The van der Waals surface area contributed by atoms with Crippen molar-refractivity contribution in [2.45, 2.75) is 39.5 Å². The summed E-state index contributed by atoms with van der Waals surface area (Å²) in [6.07, 6.45) is 4.17. The highest BCUT2D eigenvalue weighted by Gasteiger charge is 2.34. The number of hydrogen-bond acceptors (Lipinski definition) is 4. The molecule has 0 fully saturated rings. The Bertz CT molecular complexity index is 975. The van der Waals surface area contributed by atoms with Gasteiger partial charge in [0.1, 0.15) is 5.02 Å². The Morgan fingerprint density at radius 3 is 2.45 bits per heavy atom. The SMILES string of the molecule is COc1nc(C(=CCC2(C)C=NNC2=O)c2ccc(C(C)(C)C)cc2)ccc1Cl. The number of rotatable bonds is 5. The summed E-state index contributed by atoms with van der Waals surface area (Å²) in [5, 5.41) is 4.36. The van der Waals surface area contributed by atoms with Crippen LogP contribution in [0.4, 0.5) is 0 Å². The van der Waals surface area contributed by atoms with E-state index >= 15 is 0 Å². The quantitative estimate of drug-likeness (QED) is 0.754. The molecule has 2 heterocycles. The summed E-state index contributed by atoms with van der Waals surface area (Å²) < 4.78 is 5.29. The van der Waals surface area contributed by atoms with E-state index in [2.05, 4.69) is 60.5 Å². The molecule has 1 N–H and O–H groups in total. The summed E-state index contributed by atoms with van der Waals surface area (Å²) in [5.74, 6) is 0.255. The lowest BCUT2D eigenvalue weighted by Crippen LogP contribution is -2.30. The lowest BCUT2D eigenvalue weighted by Gasteiger charge is -2.20. The average Bonchev–Trinajstić information content (AvgIpc) is 3.01. The van der Waals surface area contributed by atoms with Crippen molar-refractivity contribution in [3.63, 3.8) is 0 Å². The van der Waals surface area contributed by atoms with Crippen molar-refractivity contribution >= 4 is 29.3 Å². The number of allylic oxidation sites excluding steroid dienone is 1. The molecule has 1 aliphatic rings. The van der Waals surface area contributed by atoms with Crippen molar-refractivity contribution < 1.29 is 9.53 Å². The van der Waals surface area contributed by atoms with E-state index in [-0.39, 0.29) is 11.3 Å². The zero-order chi connectivity index (χ0) is 21.2. The van der Waals surface area contributed by atoms with Crippen LogP contribution in [-0.4, -0.2) is 24.2 Å². The van der Waals surface area contributed by atoms with Crippen LogP contribution in [-0.2, 0) is 10.2 Å². The smallest absolute Gasteiger partial charge is 0.251 e. The Morgan fingerprint density at radius 1 is 1.21 bits per heavy atom. The Balaban J connectivity index is 2.05. The molecule has 0 bridgehead atoms.